The fourth-order valence-corrected chi connectivity index (χ4v) is 2.25. The molecule has 0 bridgehead atoms. The van der Waals surface area contributed by atoms with E-state index in [-0.39, 0.29) is 30.1 Å². The number of pyridine rings is 1. The van der Waals surface area contributed by atoms with Gasteiger partial charge in [0.15, 0.2) is 0 Å². The zero-order valence-corrected chi connectivity index (χ0v) is 13.0. The molecular formula is C15H14BrFN2O2. The maximum Gasteiger partial charge on any atom is 0.250 e. The molecule has 1 heterocycles. The highest BCUT2D eigenvalue weighted by Crippen LogP contribution is 2.22. The average Bonchev–Trinajstić information content (AvgIpc) is 2.45. The molecule has 2 rings (SSSR count). The quantitative estimate of drug-likeness (QED) is 0.848. The number of aryl methyl sites for hydroxylation is 1. The van der Waals surface area contributed by atoms with E-state index in [2.05, 4.69) is 15.9 Å². The van der Waals surface area contributed by atoms with Crippen molar-refractivity contribution in [2.75, 3.05) is 11.9 Å². The molecule has 1 amide bonds. The minimum atomic E-state index is -0.475. The molecule has 0 aliphatic carbocycles. The molecule has 0 aliphatic heterocycles. The normalized spacial score (nSPS) is 10.4. The van der Waals surface area contributed by atoms with Crippen molar-refractivity contribution in [1.82, 2.24) is 4.57 Å². The van der Waals surface area contributed by atoms with E-state index in [1.54, 1.807) is 24.4 Å². The van der Waals surface area contributed by atoms with Gasteiger partial charge in [-0.2, -0.15) is 0 Å². The van der Waals surface area contributed by atoms with Gasteiger partial charge < -0.3 is 9.47 Å². The average molecular weight is 353 g/mol. The smallest absolute Gasteiger partial charge is 0.250 e. The fraction of sp³-hybridized carbons (Fsp3) is 0.200. The van der Waals surface area contributed by atoms with E-state index < -0.39 is 5.82 Å². The highest BCUT2D eigenvalue weighted by atomic mass is 79.9. The van der Waals surface area contributed by atoms with Crippen molar-refractivity contribution in [2.24, 2.45) is 0 Å². The van der Waals surface area contributed by atoms with Crippen molar-refractivity contribution in [3.63, 3.8) is 0 Å². The highest BCUT2D eigenvalue weighted by molar-refractivity contribution is 9.10. The molecule has 4 nitrogen and oxygen atoms in total. The lowest BCUT2D eigenvalue weighted by molar-refractivity contribution is -0.118. The van der Waals surface area contributed by atoms with E-state index in [0.717, 1.165) is 0 Å². The van der Waals surface area contributed by atoms with Crippen molar-refractivity contribution < 1.29 is 9.18 Å². The Morgan fingerprint density at radius 2 is 2.10 bits per heavy atom. The van der Waals surface area contributed by atoms with Crippen LogP contribution >= 0.6 is 15.9 Å². The first kappa shape index (κ1) is 15.4. The largest absolute Gasteiger partial charge is 0.315 e. The number of hydrogen-bond donors (Lipinski definition) is 0. The second-order valence-corrected chi connectivity index (χ2v) is 5.45. The molecule has 0 unspecified atom stereocenters. The third kappa shape index (κ3) is 3.78. The molecule has 1 aromatic carbocycles. The first-order chi connectivity index (χ1) is 9.99. The third-order valence-corrected chi connectivity index (χ3v) is 3.60. The summed E-state index contributed by atoms with van der Waals surface area (Å²) in [6.45, 7) is 0.265. The second-order valence-electron chi connectivity index (χ2n) is 4.53. The number of carbonyl (C=O) groups is 1. The van der Waals surface area contributed by atoms with Crippen molar-refractivity contribution in [3.8, 4) is 0 Å². The van der Waals surface area contributed by atoms with Gasteiger partial charge in [-0.25, -0.2) is 4.39 Å². The summed E-state index contributed by atoms with van der Waals surface area (Å²) in [6.07, 6.45) is 1.74. The summed E-state index contributed by atoms with van der Waals surface area (Å²) in [5, 5.41) is 0. The molecule has 0 atom stereocenters. The molecule has 1 aromatic heterocycles. The molecule has 6 heteroatoms. The lowest BCUT2D eigenvalue weighted by Gasteiger charge is -2.18. The zero-order valence-electron chi connectivity index (χ0n) is 11.4. The number of nitrogens with zero attached hydrogens (tertiary/aromatic N) is 2. The van der Waals surface area contributed by atoms with E-state index in [0.29, 0.717) is 4.47 Å². The van der Waals surface area contributed by atoms with Crippen LogP contribution in [0.5, 0.6) is 0 Å². The Hall–Kier alpha value is -1.95. The lowest BCUT2D eigenvalue weighted by atomic mass is 10.2. The summed E-state index contributed by atoms with van der Waals surface area (Å²) in [7, 11) is 1.52. The van der Waals surface area contributed by atoms with Crippen molar-refractivity contribution in [3.05, 3.63) is 63.2 Å². The van der Waals surface area contributed by atoms with Crippen LogP contribution in [0.4, 0.5) is 10.1 Å². The van der Waals surface area contributed by atoms with Gasteiger partial charge in [-0.15, -0.1) is 0 Å². The summed E-state index contributed by atoms with van der Waals surface area (Å²) < 4.78 is 15.9. The molecule has 0 saturated carbocycles. The maximum atomic E-state index is 13.8. The molecule has 21 heavy (non-hydrogen) atoms. The minimum Gasteiger partial charge on any atom is -0.315 e. The van der Waals surface area contributed by atoms with Gasteiger partial charge in [0.1, 0.15) is 5.82 Å². The Labute approximate surface area is 129 Å². The molecule has 0 fully saturated rings. The number of halogens is 2. The lowest BCUT2D eigenvalue weighted by Crippen LogP contribution is -2.29. The van der Waals surface area contributed by atoms with Gasteiger partial charge in [0.2, 0.25) is 5.91 Å². The molecular weight excluding hydrogens is 339 g/mol. The van der Waals surface area contributed by atoms with Gasteiger partial charge in [0, 0.05) is 36.7 Å². The van der Waals surface area contributed by atoms with Crippen LogP contribution in [0.1, 0.15) is 6.42 Å². The van der Waals surface area contributed by atoms with Crippen molar-refractivity contribution >= 4 is 27.5 Å². The minimum absolute atomic E-state index is 0.121. The summed E-state index contributed by atoms with van der Waals surface area (Å²) in [5.41, 5.74) is 0.0476. The second kappa shape index (κ2) is 6.67. The first-order valence-corrected chi connectivity index (χ1v) is 7.15. The van der Waals surface area contributed by atoms with E-state index >= 15 is 0 Å². The van der Waals surface area contributed by atoms with Crippen LogP contribution in [0, 0.1) is 5.82 Å². The number of hydrogen-bond acceptors (Lipinski definition) is 2. The van der Waals surface area contributed by atoms with Crippen molar-refractivity contribution in [2.45, 2.75) is 13.0 Å². The number of aromatic nitrogens is 1. The molecule has 0 saturated heterocycles. The summed E-state index contributed by atoms with van der Waals surface area (Å²) >= 11 is 3.17. The Morgan fingerprint density at radius 1 is 1.33 bits per heavy atom. The van der Waals surface area contributed by atoms with Crippen LogP contribution in [-0.2, 0) is 11.3 Å². The molecule has 0 N–H and O–H groups in total. The predicted octanol–water partition coefficient (Wildman–Crippen LogP) is 2.80. The van der Waals surface area contributed by atoms with E-state index in [9.17, 15) is 14.0 Å². The van der Waals surface area contributed by atoms with Gasteiger partial charge in [0.05, 0.1) is 5.69 Å². The molecule has 2 aromatic rings. The number of benzene rings is 1. The summed E-state index contributed by atoms with van der Waals surface area (Å²) in [5.74, 6) is -0.732. The number of amides is 1. The Bertz CT molecular complexity index is 715. The number of carbonyl (C=O) groups excluding carboxylic acids is 1. The maximum absolute atomic E-state index is 13.8. The Morgan fingerprint density at radius 3 is 2.76 bits per heavy atom. The molecule has 0 radical (unpaired) electrons. The molecule has 0 aliphatic rings. The highest BCUT2D eigenvalue weighted by Gasteiger charge is 2.15. The van der Waals surface area contributed by atoms with E-state index in [4.69, 9.17) is 0 Å². The van der Waals surface area contributed by atoms with Crippen LogP contribution in [0.3, 0.4) is 0 Å². The van der Waals surface area contributed by atoms with Gasteiger partial charge in [-0.1, -0.05) is 22.0 Å². The van der Waals surface area contributed by atoms with Crippen LogP contribution in [0.25, 0.3) is 0 Å². The van der Waals surface area contributed by atoms with Crippen molar-refractivity contribution in [1.29, 1.82) is 0 Å². The van der Waals surface area contributed by atoms with Crippen LogP contribution in [0.15, 0.2) is 51.9 Å². The molecule has 110 valence electrons. The predicted molar refractivity (Wildman–Crippen MR) is 82.8 cm³/mol. The van der Waals surface area contributed by atoms with Gasteiger partial charge in [-0.3, -0.25) is 9.59 Å². The SMILES string of the molecule is CN(C(=O)CCn1ccccc1=O)c1ccc(Br)cc1F. The summed E-state index contributed by atoms with van der Waals surface area (Å²) in [6, 6.07) is 9.31. The third-order valence-electron chi connectivity index (χ3n) is 3.11. The number of rotatable bonds is 4. The van der Waals surface area contributed by atoms with Crippen LogP contribution in [0.2, 0.25) is 0 Å². The Balaban J connectivity index is 2.06. The van der Waals surface area contributed by atoms with Crippen LogP contribution in [-0.4, -0.2) is 17.5 Å². The first-order valence-electron chi connectivity index (χ1n) is 6.36. The van der Waals surface area contributed by atoms with Gasteiger partial charge in [0.25, 0.3) is 5.56 Å². The van der Waals surface area contributed by atoms with Crippen LogP contribution < -0.4 is 10.5 Å². The fourth-order valence-electron chi connectivity index (χ4n) is 1.92. The topological polar surface area (TPSA) is 42.3 Å². The summed E-state index contributed by atoms with van der Waals surface area (Å²) in [4.78, 5) is 24.9. The molecule has 0 spiro atoms. The Kier molecular flexibility index (Phi) is 4.90. The standard InChI is InChI=1S/C15H14BrFN2O2/c1-18(13-6-5-11(16)10-12(13)17)14(20)7-9-19-8-3-2-4-15(19)21/h2-6,8,10H,7,9H2,1H3. The van der Waals surface area contributed by atoms with Gasteiger partial charge >= 0.3 is 0 Å². The van der Waals surface area contributed by atoms with E-state index in [1.165, 1.54) is 34.7 Å². The monoisotopic (exact) mass is 352 g/mol. The van der Waals surface area contributed by atoms with E-state index in [1.807, 2.05) is 0 Å². The van der Waals surface area contributed by atoms with Gasteiger partial charge in [-0.05, 0) is 24.3 Å². The zero-order chi connectivity index (χ0) is 15.4. The number of anilines is 1.